The lowest BCUT2D eigenvalue weighted by atomic mass is 9.78. The van der Waals surface area contributed by atoms with Crippen LogP contribution in [-0.2, 0) is 5.41 Å². The van der Waals surface area contributed by atoms with Crippen LogP contribution in [0.1, 0.15) is 51.8 Å². The fraction of sp³-hybridized carbons (Fsp3) is 0.824. The first-order valence-corrected chi connectivity index (χ1v) is 8.30. The minimum absolute atomic E-state index is 0.267. The molecular formula is C17H32N4. The zero-order valence-electron chi connectivity index (χ0n) is 14.4. The molecule has 2 heterocycles. The Labute approximate surface area is 129 Å². The maximum absolute atomic E-state index is 4.50. The maximum Gasteiger partial charge on any atom is 0.0951 e. The van der Waals surface area contributed by atoms with Crippen LogP contribution in [0, 0.1) is 5.92 Å². The summed E-state index contributed by atoms with van der Waals surface area (Å²) in [5, 5.41) is 3.48. The highest BCUT2D eigenvalue weighted by Gasteiger charge is 2.33. The summed E-state index contributed by atoms with van der Waals surface area (Å²) in [6.07, 6.45) is 7.77. The van der Waals surface area contributed by atoms with Crippen molar-refractivity contribution in [2.45, 2.75) is 51.5 Å². The van der Waals surface area contributed by atoms with Gasteiger partial charge in [-0.25, -0.2) is 4.98 Å². The molecule has 0 aliphatic carbocycles. The lowest BCUT2D eigenvalue weighted by Crippen LogP contribution is -2.40. The molecule has 4 nitrogen and oxygen atoms in total. The third kappa shape index (κ3) is 4.07. The van der Waals surface area contributed by atoms with E-state index >= 15 is 0 Å². The second-order valence-electron chi connectivity index (χ2n) is 7.54. The molecule has 120 valence electrons. The SMILES string of the molecule is CC(C)CC(CN(C)C)n1cncc1C1(C)CCNCC1. The van der Waals surface area contributed by atoms with E-state index in [4.69, 9.17) is 0 Å². The van der Waals surface area contributed by atoms with Crippen LogP contribution in [0.25, 0.3) is 0 Å². The minimum atomic E-state index is 0.267. The Morgan fingerprint density at radius 2 is 2.00 bits per heavy atom. The first-order chi connectivity index (χ1) is 9.92. The van der Waals surface area contributed by atoms with Gasteiger partial charge in [0, 0.05) is 29.9 Å². The molecule has 2 rings (SSSR count). The Bertz CT molecular complexity index is 420. The van der Waals surface area contributed by atoms with E-state index in [0.717, 1.165) is 19.6 Å². The van der Waals surface area contributed by atoms with E-state index in [9.17, 15) is 0 Å². The lowest BCUT2D eigenvalue weighted by molar-refractivity contribution is 0.259. The van der Waals surface area contributed by atoms with Crippen molar-refractivity contribution in [2.24, 2.45) is 5.92 Å². The summed E-state index contributed by atoms with van der Waals surface area (Å²) in [4.78, 5) is 6.80. The van der Waals surface area contributed by atoms with Crippen molar-refractivity contribution >= 4 is 0 Å². The van der Waals surface area contributed by atoms with Crippen molar-refractivity contribution < 1.29 is 0 Å². The summed E-state index contributed by atoms with van der Waals surface area (Å²) < 4.78 is 2.46. The Morgan fingerprint density at radius 1 is 1.33 bits per heavy atom. The van der Waals surface area contributed by atoms with E-state index in [0.29, 0.717) is 12.0 Å². The topological polar surface area (TPSA) is 33.1 Å². The predicted molar refractivity (Wildman–Crippen MR) is 88.7 cm³/mol. The molecule has 0 radical (unpaired) electrons. The van der Waals surface area contributed by atoms with Gasteiger partial charge in [0.15, 0.2) is 0 Å². The van der Waals surface area contributed by atoms with Crippen LogP contribution in [0.4, 0.5) is 0 Å². The number of imidazole rings is 1. The first-order valence-electron chi connectivity index (χ1n) is 8.30. The number of nitrogens with zero attached hydrogens (tertiary/aromatic N) is 3. The highest BCUT2D eigenvalue weighted by molar-refractivity contribution is 5.16. The number of aromatic nitrogens is 2. The highest BCUT2D eigenvalue weighted by atomic mass is 15.2. The average Bonchev–Trinajstić information content (AvgIpc) is 2.87. The molecule has 21 heavy (non-hydrogen) atoms. The summed E-state index contributed by atoms with van der Waals surface area (Å²) >= 11 is 0. The van der Waals surface area contributed by atoms with E-state index in [2.05, 4.69) is 67.2 Å². The standard InChI is InChI=1S/C17H32N4/c1-14(2)10-15(12-20(4)5)21-13-19-11-16(21)17(3)6-8-18-9-7-17/h11,13-15,18H,6-10,12H2,1-5H3. The third-order valence-electron chi connectivity index (χ3n) is 4.70. The molecule has 1 aliphatic rings. The van der Waals surface area contributed by atoms with E-state index < -0.39 is 0 Å². The van der Waals surface area contributed by atoms with Crippen LogP contribution in [0.3, 0.4) is 0 Å². The molecule has 1 saturated heterocycles. The maximum atomic E-state index is 4.50. The van der Waals surface area contributed by atoms with Crippen LogP contribution in [0.2, 0.25) is 0 Å². The van der Waals surface area contributed by atoms with Gasteiger partial charge in [-0.05, 0) is 52.4 Å². The van der Waals surface area contributed by atoms with Gasteiger partial charge < -0.3 is 14.8 Å². The number of hydrogen-bond acceptors (Lipinski definition) is 3. The molecule has 1 atom stereocenters. The molecule has 0 bridgehead atoms. The quantitative estimate of drug-likeness (QED) is 0.875. The van der Waals surface area contributed by atoms with Gasteiger partial charge in [0.05, 0.1) is 6.33 Å². The molecule has 0 spiro atoms. The fourth-order valence-electron chi connectivity index (χ4n) is 3.54. The van der Waals surface area contributed by atoms with Crippen molar-refractivity contribution in [1.82, 2.24) is 19.8 Å². The van der Waals surface area contributed by atoms with Crippen LogP contribution < -0.4 is 5.32 Å². The number of piperidine rings is 1. The van der Waals surface area contributed by atoms with Gasteiger partial charge in [-0.1, -0.05) is 20.8 Å². The Hall–Kier alpha value is -0.870. The molecule has 1 N–H and O–H groups in total. The van der Waals surface area contributed by atoms with Crippen LogP contribution in [0.5, 0.6) is 0 Å². The summed E-state index contributed by atoms with van der Waals surface area (Å²) in [7, 11) is 4.33. The third-order valence-corrected chi connectivity index (χ3v) is 4.70. The van der Waals surface area contributed by atoms with Crippen molar-refractivity contribution in [3.05, 3.63) is 18.2 Å². The minimum Gasteiger partial charge on any atom is -0.330 e. The van der Waals surface area contributed by atoms with Gasteiger partial charge in [-0.15, -0.1) is 0 Å². The van der Waals surface area contributed by atoms with Gasteiger partial charge in [0.1, 0.15) is 0 Å². The summed E-state index contributed by atoms with van der Waals surface area (Å²) in [5.41, 5.74) is 1.69. The molecule has 0 saturated carbocycles. The number of likely N-dealkylation sites (N-methyl/N-ethyl adjacent to an activating group) is 1. The van der Waals surface area contributed by atoms with Gasteiger partial charge in [0.2, 0.25) is 0 Å². The van der Waals surface area contributed by atoms with Crippen LogP contribution >= 0.6 is 0 Å². The largest absolute Gasteiger partial charge is 0.330 e. The first kappa shape index (κ1) is 16.5. The summed E-state index contributed by atoms with van der Waals surface area (Å²) in [5.74, 6) is 0.700. The Kier molecular flexibility index (Phi) is 5.44. The molecular weight excluding hydrogens is 260 g/mol. The van der Waals surface area contributed by atoms with Crippen molar-refractivity contribution in [1.29, 1.82) is 0 Å². The average molecular weight is 292 g/mol. The van der Waals surface area contributed by atoms with Gasteiger partial charge in [-0.3, -0.25) is 0 Å². The van der Waals surface area contributed by atoms with Crippen molar-refractivity contribution in [3.8, 4) is 0 Å². The summed E-state index contributed by atoms with van der Waals surface area (Å²) in [6, 6.07) is 0.518. The number of hydrogen-bond donors (Lipinski definition) is 1. The number of nitrogens with one attached hydrogen (secondary N) is 1. The lowest BCUT2D eigenvalue weighted by Gasteiger charge is -2.37. The van der Waals surface area contributed by atoms with E-state index in [1.807, 2.05) is 0 Å². The van der Waals surface area contributed by atoms with E-state index in [1.165, 1.54) is 25.0 Å². The Balaban J connectivity index is 2.27. The second kappa shape index (κ2) is 6.93. The molecule has 1 fully saturated rings. The van der Waals surface area contributed by atoms with Crippen LogP contribution in [-0.4, -0.2) is 48.2 Å². The van der Waals surface area contributed by atoms with Gasteiger partial charge >= 0.3 is 0 Å². The van der Waals surface area contributed by atoms with Gasteiger partial charge in [-0.2, -0.15) is 0 Å². The van der Waals surface area contributed by atoms with E-state index in [1.54, 1.807) is 0 Å². The molecule has 1 aliphatic heterocycles. The fourth-order valence-corrected chi connectivity index (χ4v) is 3.54. The monoisotopic (exact) mass is 292 g/mol. The molecule has 1 aromatic rings. The second-order valence-corrected chi connectivity index (χ2v) is 7.54. The normalized spacial score (nSPS) is 20.1. The van der Waals surface area contributed by atoms with Gasteiger partial charge in [0.25, 0.3) is 0 Å². The number of rotatable bonds is 6. The van der Waals surface area contributed by atoms with E-state index in [-0.39, 0.29) is 5.41 Å². The van der Waals surface area contributed by atoms with Crippen LogP contribution in [0.15, 0.2) is 12.5 Å². The Morgan fingerprint density at radius 3 is 2.57 bits per heavy atom. The zero-order valence-corrected chi connectivity index (χ0v) is 14.4. The highest BCUT2D eigenvalue weighted by Crippen LogP contribution is 2.35. The molecule has 0 amide bonds. The molecule has 1 unspecified atom stereocenters. The van der Waals surface area contributed by atoms with Crippen molar-refractivity contribution in [2.75, 3.05) is 33.7 Å². The predicted octanol–water partition coefficient (Wildman–Crippen LogP) is 2.67. The summed E-state index contributed by atoms with van der Waals surface area (Å²) in [6.45, 7) is 10.3. The zero-order chi connectivity index (χ0) is 15.5. The molecule has 1 aromatic heterocycles. The molecule has 0 aromatic carbocycles. The molecule has 4 heteroatoms. The smallest absolute Gasteiger partial charge is 0.0951 e. The van der Waals surface area contributed by atoms with Crippen molar-refractivity contribution in [3.63, 3.8) is 0 Å².